The van der Waals surface area contributed by atoms with Crippen molar-refractivity contribution >= 4 is 34.8 Å². The van der Waals surface area contributed by atoms with E-state index in [-0.39, 0.29) is 5.91 Å². The van der Waals surface area contributed by atoms with E-state index in [1.165, 1.54) is 11.1 Å². The Hall–Kier alpha value is -4.46. The zero-order valence-electron chi connectivity index (χ0n) is 26.3. The van der Waals surface area contributed by atoms with Crippen LogP contribution in [0.5, 0.6) is 0 Å². The topological polar surface area (TPSA) is 74.6 Å². The molecule has 0 fully saturated rings. The van der Waals surface area contributed by atoms with Crippen LogP contribution in [0.15, 0.2) is 115 Å². The molecule has 230 valence electrons. The van der Waals surface area contributed by atoms with E-state index in [2.05, 4.69) is 73.6 Å². The summed E-state index contributed by atoms with van der Waals surface area (Å²) >= 11 is 6.17. The SMILES string of the molecule is C=C/C=C(C)/C(C)=C/C=C.CC(CCN(C)C)CNC(=O)c1ccc(Nc2nc3c(-c4cccc(Cl)c4)cccn3n2)cc1. The molecule has 44 heavy (non-hydrogen) atoms. The number of pyridine rings is 1. The van der Waals surface area contributed by atoms with Crippen LogP contribution in [0.4, 0.5) is 11.6 Å². The van der Waals surface area contributed by atoms with Gasteiger partial charge in [-0.15, -0.1) is 5.10 Å². The van der Waals surface area contributed by atoms with Crippen LogP contribution >= 0.6 is 11.6 Å². The lowest BCUT2D eigenvalue weighted by Gasteiger charge is -2.15. The second kappa shape index (κ2) is 17.0. The molecule has 0 aliphatic rings. The second-order valence-corrected chi connectivity index (χ2v) is 11.4. The van der Waals surface area contributed by atoms with Crippen LogP contribution in [0, 0.1) is 5.92 Å². The third-order valence-electron chi connectivity index (χ3n) is 6.94. The molecule has 0 saturated heterocycles. The number of nitrogens with zero attached hydrogens (tertiary/aromatic N) is 4. The molecule has 4 rings (SSSR count). The van der Waals surface area contributed by atoms with Crippen LogP contribution in [0.3, 0.4) is 0 Å². The molecule has 7 nitrogen and oxygen atoms in total. The minimum atomic E-state index is -0.0692. The van der Waals surface area contributed by atoms with E-state index in [0.717, 1.165) is 35.4 Å². The van der Waals surface area contributed by atoms with E-state index in [4.69, 9.17) is 11.6 Å². The molecular weight excluding hydrogens is 568 g/mol. The van der Waals surface area contributed by atoms with Crippen LogP contribution in [-0.2, 0) is 0 Å². The highest BCUT2D eigenvalue weighted by Crippen LogP contribution is 2.27. The number of halogens is 1. The van der Waals surface area contributed by atoms with Crippen molar-refractivity contribution in [3.05, 3.63) is 126 Å². The predicted molar refractivity (Wildman–Crippen MR) is 186 cm³/mol. The summed E-state index contributed by atoms with van der Waals surface area (Å²) in [5.41, 5.74) is 6.53. The first-order valence-corrected chi connectivity index (χ1v) is 15.0. The van der Waals surface area contributed by atoms with Crippen LogP contribution in [0.2, 0.25) is 5.02 Å². The van der Waals surface area contributed by atoms with E-state index < -0.39 is 0 Å². The minimum absolute atomic E-state index is 0.0692. The number of benzene rings is 2. The van der Waals surface area contributed by atoms with E-state index in [9.17, 15) is 4.79 Å². The molecule has 2 aromatic heterocycles. The number of anilines is 2. The number of carbonyl (C=O) groups is 1. The molecule has 1 atom stereocenters. The highest BCUT2D eigenvalue weighted by Gasteiger charge is 2.12. The molecule has 2 aromatic carbocycles. The lowest BCUT2D eigenvalue weighted by atomic mass is 10.1. The van der Waals surface area contributed by atoms with Crippen molar-refractivity contribution < 1.29 is 4.79 Å². The van der Waals surface area contributed by atoms with Crippen molar-refractivity contribution in [3.8, 4) is 11.1 Å². The molecule has 0 saturated carbocycles. The summed E-state index contributed by atoms with van der Waals surface area (Å²) in [5, 5.41) is 11.4. The fraction of sp³-hybridized carbons (Fsp3) is 0.250. The molecule has 8 heteroatoms. The van der Waals surface area contributed by atoms with Gasteiger partial charge in [-0.05, 0) is 112 Å². The molecule has 1 amide bonds. The summed E-state index contributed by atoms with van der Waals surface area (Å²) in [6.07, 6.45) is 10.4. The smallest absolute Gasteiger partial charge is 0.251 e. The number of amides is 1. The van der Waals surface area contributed by atoms with Crippen LogP contribution in [0.1, 0.15) is 37.6 Å². The second-order valence-electron chi connectivity index (χ2n) is 10.9. The molecule has 2 heterocycles. The van der Waals surface area contributed by atoms with Crippen molar-refractivity contribution in [2.24, 2.45) is 5.92 Å². The Labute approximate surface area is 266 Å². The Balaban J connectivity index is 0.000000456. The van der Waals surface area contributed by atoms with E-state index in [0.29, 0.717) is 29.0 Å². The summed E-state index contributed by atoms with van der Waals surface area (Å²) in [6, 6.07) is 18.9. The number of allylic oxidation sites excluding steroid dienone is 6. The molecule has 0 aliphatic carbocycles. The fourth-order valence-corrected chi connectivity index (χ4v) is 4.43. The maximum atomic E-state index is 12.5. The number of hydrogen-bond acceptors (Lipinski definition) is 5. The van der Waals surface area contributed by atoms with Crippen LogP contribution in [0.25, 0.3) is 16.8 Å². The molecule has 2 N–H and O–H groups in total. The van der Waals surface area contributed by atoms with Gasteiger partial charge in [0.1, 0.15) is 0 Å². The summed E-state index contributed by atoms with van der Waals surface area (Å²) in [6.45, 7) is 15.2. The molecule has 4 aromatic rings. The van der Waals surface area contributed by atoms with E-state index >= 15 is 0 Å². The fourth-order valence-electron chi connectivity index (χ4n) is 4.24. The third-order valence-corrected chi connectivity index (χ3v) is 7.17. The first-order chi connectivity index (χ1) is 21.1. The number of hydrogen-bond donors (Lipinski definition) is 2. The largest absolute Gasteiger partial charge is 0.352 e. The zero-order valence-corrected chi connectivity index (χ0v) is 27.1. The van der Waals surface area contributed by atoms with E-state index in [1.54, 1.807) is 28.8 Å². The number of carbonyl (C=O) groups excluding carboxylic acids is 1. The molecule has 0 aliphatic heterocycles. The third kappa shape index (κ3) is 10.4. The van der Waals surface area contributed by atoms with Gasteiger partial charge in [0.05, 0.1) is 0 Å². The molecular formula is C36H43ClN6O. The van der Waals surface area contributed by atoms with Crippen molar-refractivity contribution in [1.82, 2.24) is 24.8 Å². The van der Waals surface area contributed by atoms with Gasteiger partial charge in [-0.3, -0.25) is 4.79 Å². The van der Waals surface area contributed by atoms with Crippen LogP contribution in [-0.4, -0.2) is 52.6 Å². The highest BCUT2D eigenvalue weighted by molar-refractivity contribution is 6.30. The minimum Gasteiger partial charge on any atom is -0.352 e. The Bertz CT molecular complexity index is 1600. The van der Waals surface area contributed by atoms with Gasteiger partial charge in [0.25, 0.3) is 5.91 Å². The van der Waals surface area contributed by atoms with Gasteiger partial charge in [0, 0.05) is 34.6 Å². The summed E-state index contributed by atoms with van der Waals surface area (Å²) in [7, 11) is 4.11. The molecule has 0 bridgehead atoms. The number of rotatable bonds is 12. The zero-order chi connectivity index (χ0) is 32.1. The Morgan fingerprint density at radius 3 is 2.32 bits per heavy atom. The predicted octanol–water partition coefficient (Wildman–Crippen LogP) is 8.36. The average Bonchev–Trinajstić information content (AvgIpc) is 3.42. The molecule has 1 unspecified atom stereocenters. The Morgan fingerprint density at radius 1 is 1.02 bits per heavy atom. The lowest BCUT2D eigenvalue weighted by molar-refractivity contribution is 0.0947. The normalized spacial score (nSPS) is 12.3. The van der Waals surface area contributed by atoms with Gasteiger partial charge in [-0.25, -0.2) is 4.52 Å². The summed E-state index contributed by atoms with van der Waals surface area (Å²) < 4.78 is 1.73. The quantitative estimate of drug-likeness (QED) is 0.158. The van der Waals surface area contributed by atoms with Gasteiger partial charge >= 0.3 is 0 Å². The molecule has 0 spiro atoms. The van der Waals surface area contributed by atoms with Gasteiger partial charge in [0.15, 0.2) is 5.65 Å². The monoisotopic (exact) mass is 610 g/mol. The van der Waals surface area contributed by atoms with Crippen LogP contribution < -0.4 is 10.6 Å². The van der Waals surface area contributed by atoms with E-state index in [1.807, 2.05) is 66.9 Å². The van der Waals surface area contributed by atoms with Gasteiger partial charge in [-0.2, -0.15) is 4.98 Å². The number of aromatic nitrogens is 3. The standard InChI is InChI=1S/C26H29ClN6O.C10H14/c1-18(13-15-32(2)3)17-28-25(34)19-9-11-22(12-10-19)29-26-30-24-23(8-5-14-33(24)31-26)20-6-4-7-21(27)16-20;1-5-7-9(3)10(4)8-6-2/h4-12,14,16,18H,13,15,17H2,1-3H3,(H,28,34)(H,29,31);5-8H,1-2H2,3-4H3/b;9-7+,10-8+. The van der Waals surface area contributed by atoms with Crippen molar-refractivity contribution in [1.29, 1.82) is 0 Å². The Kier molecular flexibility index (Phi) is 13.1. The lowest BCUT2D eigenvalue weighted by Crippen LogP contribution is -2.29. The van der Waals surface area contributed by atoms with Crippen molar-refractivity contribution in [2.75, 3.05) is 32.5 Å². The number of nitrogens with one attached hydrogen (secondary N) is 2. The van der Waals surface area contributed by atoms with Gasteiger partial charge in [-0.1, -0.05) is 68.1 Å². The van der Waals surface area contributed by atoms with Gasteiger partial charge in [0.2, 0.25) is 5.95 Å². The number of fused-ring (bicyclic) bond motifs is 1. The molecule has 0 radical (unpaired) electrons. The van der Waals surface area contributed by atoms with Crippen molar-refractivity contribution in [3.63, 3.8) is 0 Å². The first-order valence-electron chi connectivity index (χ1n) is 14.6. The summed E-state index contributed by atoms with van der Waals surface area (Å²) in [4.78, 5) is 19.3. The summed E-state index contributed by atoms with van der Waals surface area (Å²) in [5.74, 6) is 0.826. The Morgan fingerprint density at radius 2 is 1.70 bits per heavy atom. The first kappa shape index (κ1) is 34.0. The highest BCUT2D eigenvalue weighted by atomic mass is 35.5. The van der Waals surface area contributed by atoms with Gasteiger partial charge < -0.3 is 15.5 Å². The maximum Gasteiger partial charge on any atom is 0.251 e. The van der Waals surface area contributed by atoms with Crippen molar-refractivity contribution in [2.45, 2.75) is 27.2 Å². The maximum absolute atomic E-state index is 12.5. The average molecular weight is 611 g/mol.